The highest BCUT2D eigenvalue weighted by atomic mass is 32.2. The van der Waals surface area contributed by atoms with E-state index in [1.54, 1.807) is 7.05 Å². The number of benzene rings is 2. The molecule has 0 saturated carbocycles. The van der Waals surface area contributed by atoms with Crippen molar-refractivity contribution in [3.63, 3.8) is 0 Å². The maximum absolute atomic E-state index is 13.2. The van der Waals surface area contributed by atoms with Crippen molar-refractivity contribution in [1.82, 2.24) is 19.5 Å². The fourth-order valence-electron chi connectivity index (χ4n) is 4.70. The zero-order valence-electron chi connectivity index (χ0n) is 20.8. The second kappa shape index (κ2) is 11.4. The SMILES string of the molecule is CC1CCCN(CCCNC(=O)C(Cc2ccccc2)NS(=O)(=O)c2ccc3c(c2)oc(=O)n3C)C1. The summed E-state index contributed by atoms with van der Waals surface area (Å²) in [5.74, 6) is -0.254. The molecule has 194 valence electrons. The fourth-order valence-corrected chi connectivity index (χ4v) is 5.91. The third-order valence-corrected chi connectivity index (χ3v) is 8.13. The van der Waals surface area contributed by atoms with Gasteiger partial charge < -0.3 is 14.6 Å². The largest absolute Gasteiger partial charge is 0.419 e. The van der Waals surface area contributed by atoms with Crippen LogP contribution in [0.5, 0.6) is 0 Å². The van der Waals surface area contributed by atoms with Crippen molar-refractivity contribution in [3.05, 3.63) is 64.6 Å². The van der Waals surface area contributed by atoms with E-state index >= 15 is 0 Å². The summed E-state index contributed by atoms with van der Waals surface area (Å²) >= 11 is 0. The fraction of sp³-hybridized carbons (Fsp3) is 0.462. The minimum Gasteiger partial charge on any atom is -0.408 e. The Morgan fingerprint density at radius 3 is 2.72 bits per heavy atom. The third-order valence-electron chi connectivity index (χ3n) is 6.66. The molecule has 0 radical (unpaired) electrons. The number of hydrogen-bond acceptors (Lipinski definition) is 6. The molecule has 1 aliphatic heterocycles. The van der Waals surface area contributed by atoms with Crippen LogP contribution in [0, 0.1) is 5.92 Å². The summed E-state index contributed by atoms with van der Waals surface area (Å²) in [5, 5.41) is 2.91. The van der Waals surface area contributed by atoms with E-state index in [-0.39, 0.29) is 22.8 Å². The van der Waals surface area contributed by atoms with Crippen molar-refractivity contribution < 1.29 is 17.6 Å². The predicted molar refractivity (Wildman–Crippen MR) is 138 cm³/mol. The highest BCUT2D eigenvalue weighted by molar-refractivity contribution is 7.89. The van der Waals surface area contributed by atoms with Crippen molar-refractivity contribution in [2.75, 3.05) is 26.2 Å². The molecule has 1 aliphatic rings. The van der Waals surface area contributed by atoms with E-state index in [0.29, 0.717) is 18.0 Å². The number of carbonyl (C=O) groups is 1. The summed E-state index contributed by atoms with van der Waals surface area (Å²) in [6, 6.07) is 12.5. The number of sulfonamides is 1. The number of amides is 1. The number of carbonyl (C=O) groups excluding carboxylic acids is 1. The number of nitrogens with one attached hydrogen (secondary N) is 2. The maximum Gasteiger partial charge on any atom is 0.419 e. The lowest BCUT2D eigenvalue weighted by Crippen LogP contribution is -2.48. The van der Waals surface area contributed by atoms with E-state index in [1.807, 2.05) is 30.3 Å². The summed E-state index contributed by atoms with van der Waals surface area (Å²) in [7, 11) is -2.52. The van der Waals surface area contributed by atoms with Crippen LogP contribution < -0.4 is 15.8 Å². The van der Waals surface area contributed by atoms with Gasteiger partial charge in [-0.15, -0.1) is 0 Å². The molecule has 2 aromatic carbocycles. The van der Waals surface area contributed by atoms with Gasteiger partial charge in [0.1, 0.15) is 6.04 Å². The number of likely N-dealkylation sites (tertiary alicyclic amines) is 1. The molecule has 9 nitrogen and oxygen atoms in total. The molecule has 3 aromatic rings. The van der Waals surface area contributed by atoms with Gasteiger partial charge in [0.25, 0.3) is 0 Å². The first-order valence-electron chi connectivity index (χ1n) is 12.4. The van der Waals surface area contributed by atoms with Crippen LogP contribution in [0.2, 0.25) is 0 Å². The summed E-state index contributed by atoms with van der Waals surface area (Å²) in [4.78, 5) is 27.2. The van der Waals surface area contributed by atoms with Crippen LogP contribution in [0.25, 0.3) is 11.1 Å². The van der Waals surface area contributed by atoms with E-state index in [2.05, 4.69) is 21.9 Å². The van der Waals surface area contributed by atoms with E-state index < -0.39 is 21.8 Å². The van der Waals surface area contributed by atoms with Crippen LogP contribution in [-0.2, 0) is 28.3 Å². The molecule has 10 heteroatoms. The van der Waals surface area contributed by atoms with Gasteiger partial charge in [-0.2, -0.15) is 4.72 Å². The average molecular weight is 515 g/mol. The number of fused-ring (bicyclic) bond motifs is 1. The Balaban J connectivity index is 1.44. The number of hydrogen-bond donors (Lipinski definition) is 2. The lowest BCUT2D eigenvalue weighted by Gasteiger charge is -2.30. The van der Waals surface area contributed by atoms with Crippen LogP contribution in [0.4, 0.5) is 0 Å². The smallest absolute Gasteiger partial charge is 0.408 e. The van der Waals surface area contributed by atoms with E-state index in [0.717, 1.165) is 31.6 Å². The van der Waals surface area contributed by atoms with Crippen LogP contribution in [-0.4, -0.2) is 56.0 Å². The van der Waals surface area contributed by atoms with Gasteiger partial charge >= 0.3 is 5.76 Å². The van der Waals surface area contributed by atoms with Crippen LogP contribution in [0.15, 0.2) is 62.6 Å². The first kappa shape index (κ1) is 26.1. The molecular formula is C26H34N4O5S. The minimum atomic E-state index is -4.06. The number of nitrogens with zero attached hydrogens (tertiary/aromatic N) is 2. The molecule has 4 rings (SSSR count). The summed E-state index contributed by atoms with van der Waals surface area (Å²) in [6.45, 7) is 5.80. The molecule has 1 saturated heterocycles. The Morgan fingerprint density at radius 1 is 1.19 bits per heavy atom. The van der Waals surface area contributed by atoms with Gasteiger partial charge in [-0.25, -0.2) is 13.2 Å². The van der Waals surface area contributed by atoms with Gasteiger partial charge in [-0.05, 0) is 62.4 Å². The van der Waals surface area contributed by atoms with Crippen LogP contribution in [0.3, 0.4) is 0 Å². The Hall–Kier alpha value is -2.95. The predicted octanol–water partition coefficient (Wildman–Crippen LogP) is 2.26. The molecule has 2 heterocycles. The molecule has 0 aliphatic carbocycles. The number of oxazole rings is 1. The van der Waals surface area contributed by atoms with Crippen LogP contribution >= 0.6 is 0 Å². The third kappa shape index (κ3) is 6.43. The summed E-state index contributed by atoms with van der Waals surface area (Å²) in [5.41, 5.74) is 1.49. The van der Waals surface area contributed by atoms with E-state index in [9.17, 15) is 18.0 Å². The second-order valence-electron chi connectivity index (χ2n) is 9.61. The van der Waals surface area contributed by atoms with Gasteiger partial charge in [-0.1, -0.05) is 37.3 Å². The Kier molecular flexibility index (Phi) is 8.28. The van der Waals surface area contributed by atoms with Crippen molar-refractivity contribution in [2.45, 2.75) is 43.5 Å². The Bertz CT molecular complexity index is 1350. The molecule has 1 aromatic heterocycles. The molecule has 1 amide bonds. The van der Waals surface area contributed by atoms with Crippen molar-refractivity contribution in [3.8, 4) is 0 Å². The Morgan fingerprint density at radius 2 is 1.97 bits per heavy atom. The van der Waals surface area contributed by atoms with Gasteiger partial charge in [0, 0.05) is 26.2 Å². The standard InChI is InChI=1S/C26H34N4O5S/c1-19-8-6-14-30(18-19)15-7-13-27-25(31)22(16-20-9-4-3-5-10-20)28-36(33,34)21-11-12-23-24(17-21)35-26(32)29(23)2/h3-5,9-12,17,19,22,28H,6-8,13-16,18H2,1-2H3,(H,27,31). The quantitative estimate of drug-likeness (QED) is 0.401. The topological polar surface area (TPSA) is 114 Å². The highest BCUT2D eigenvalue weighted by Gasteiger charge is 2.27. The molecule has 0 spiro atoms. The van der Waals surface area contributed by atoms with Crippen molar-refractivity contribution in [2.24, 2.45) is 13.0 Å². The van der Waals surface area contributed by atoms with Gasteiger partial charge in [0.15, 0.2) is 5.58 Å². The number of rotatable bonds is 10. The van der Waals surface area contributed by atoms with Crippen LogP contribution in [0.1, 0.15) is 31.7 Å². The summed E-state index contributed by atoms with van der Waals surface area (Å²) < 4.78 is 35.4. The maximum atomic E-state index is 13.2. The molecular weight excluding hydrogens is 480 g/mol. The normalized spacial score (nSPS) is 17.8. The molecule has 0 bridgehead atoms. The second-order valence-corrected chi connectivity index (χ2v) is 11.3. The highest BCUT2D eigenvalue weighted by Crippen LogP contribution is 2.19. The molecule has 2 atom stereocenters. The number of aromatic nitrogens is 1. The van der Waals surface area contributed by atoms with Crippen molar-refractivity contribution >= 4 is 27.0 Å². The lowest BCUT2D eigenvalue weighted by atomic mass is 10.0. The summed E-state index contributed by atoms with van der Waals surface area (Å²) in [6.07, 6.45) is 3.47. The van der Waals surface area contributed by atoms with Gasteiger partial charge in [-0.3, -0.25) is 9.36 Å². The molecule has 1 fully saturated rings. The van der Waals surface area contributed by atoms with Gasteiger partial charge in [0.2, 0.25) is 15.9 Å². The first-order valence-corrected chi connectivity index (χ1v) is 13.9. The molecule has 2 unspecified atom stereocenters. The average Bonchev–Trinajstić information content (AvgIpc) is 3.14. The zero-order valence-corrected chi connectivity index (χ0v) is 21.6. The van der Waals surface area contributed by atoms with E-state index in [4.69, 9.17) is 4.42 Å². The molecule has 2 N–H and O–H groups in total. The monoisotopic (exact) mass is 514 g/mol. The Labute approximate surface area is 211 Å². The van der Waals surface area contributed by atoms with Gasteiger partial charge in [0.05, 0.1) is 10.4 Å². The first-order chi connectivity index (χ1) is 17.2. The zero-order chi connectivity index (χ0) is 25.7. The lowest BCUT2D eigenvalue weighted by molar-refractivity contribution is -0.122. The minimum absolute atomic E-state index is 0.0746. The van der Waals surface area contributed by atoms with E-state index in [1.165, 1.54) is 35.6 Å². The van der Waals surface area contributed by atoms with Crippen molar-refractivity contribution in [1.29, 1.82) is 0 Å². The molecule has 36 heavy (non-hydrogen) atoms. The number of aryl methyl sites for hydroxylation is 1. The number of piperidine rings is 1.